The number of hydrogen-bond donors (Lipinski definition) is 0. The van der Waals surface area contributed by atoms with Gasteiger partial charge >= 0.3 is 0 Å². The van der Waals surface area contributed by atoms with Gasteiger partial charge in [-0.2, -0.15) is 9.37 Å². The molecule has 1 unspecified atom stereocenters. The van der Waals surface area contributed by atoms with E-state index in [2.05, 4.69) is 47.8 Å². The second-order valence-electron chi connectivity index (χ2n) is 13.2. The Bertz CT molecular complexity index is 2560. The molecule has 1 atom stereocenters. The smallest absolute Gasteiger partial charge is 0.218 e. The van der Waals surface area contributed by atoms with E-state index in [0.717, 1.165) is 27.8 Å². The quantitative estimate of drug-likeness (QED) is 0.0909. The molecule has 0 aliphatic carbocycles. The molecule has 0 spiro atoms. The molecule has 8 aromatic rings. The molecule has 0 fully saturated rings. The fraction of sp³-hybridized carbons (Fsp3) is 0.133. The van der Waals surface area contributed by atoms with Crippen molar-refractivity contribution in [2.45, 2.75) is 38.8 Å². The first-order valence-corrected chi connectivity index (χ1v) is 20.3. The van der Waals surface area contributed by atoms with Gasteiger partial charge in [0.1, 0.15) is 0 Å². The predicted octanol–water partition coefficient (Wildman–Crippen LogP) is 10.8. The van der Waals surface area contributed by atoms with Crippen molar-refractivity contribution in [2.75, 3.05) is 0 Å². The molecule has 7 heteroatoms. The molecule has 0 aliphatic rings. The van der Waals surface area contributed by atoms with Crippen LogP contribution < -0.4 is 5.19 Å². The van der Waals surface area contributed by atoms with Crippen LogP contribution >= 0.6 is 0 Å². The Hall–Kier alpha value is -5.07. The minimum atomic E-state index is -1.69. The van der Waals surface area contributed by atoms with Crippen LogP contribution in [0.5, 0.6) is 0 Å². The van der Waals surface area contributed by atoms with Crippen LogP contribution in [-0.2, 0) is 26.5 Å². The molecule has 0 saturated carbocycles. The Labute approximate surface area is 323 Å². The minimum absolute atomic E-state index is 0. The van der Waals surface area contributed by atoms with E-state index < -0.39 is 26.3 Å². The second kappa shape index (κ2) is 16.1. The average molecular weight is 879 g/mol. The van der Waals surface area contributed by atoms with Crippen molar-refractivity contribution in [3.8, 4) is 22.5 Å². The largest absolute Gasteiger partial charge is 0.486 e. The predicted molar refractivity (Wildman–Crippen MR) is 208 cm³/mol. The first-order chi connectivity index (χ1) is 25.8. The van der Waals surface area contributed by atoms with Gasteiger partial charge in [0.2, 0.25) is 11.7 Å². The molecule has 1 radical (unpaired) electrons. The number of nitrogens with zero attached hydrogens (tertiary/aromatic N) is 3. The van der Waals surface area contributed by atoms with E-state index in [1.165, 1.54) is 11.3 Å². The van der Waals surface area contributed by atoms with E-state index in [1.54, 1.807) is 42.6 Å². The summed E-state index contributed by atoms with van der Waals surface area (Å²) in [5.74, 6) is -1.43. The first-order valence-electron chi connectivity index (χ1n) is 18.3. The van der Waals surface area contributed by atoms with Gasteiger partial charge in [0.15, 0.2) is 0 Å². The third-order valence-electron chi connectivity index (χ3n) is 8.65. The standard InChI is InChI=1S/C23H14FN2O.C22H24NSi.Ir/c24-21-10-9-18-17-7-4-8-19(22(17)27-23(18)26-21)20-14-16(11-12-25-20)13-15-5-2-1-3-6-15;1-17(18-11-7-5-8-12-18)20-15-21(19-13-9-6-10-14-19)23-16-22(20)24(2,3)4;/h1-7,9-12,14H,13H2;5-13,15-17H,1-4H3;/q2*-1;/i13D2;17D;. The molecule has 4 nitrogen and oxygen atoms in total. The fourth-order valence-corrected chi connectivity index (χ4v) is 7.55. The van der Waals surface area contributed by atoms with Crippen molar-refractivity contribution < 1.29 is 33.0 Å². The van der Waals surface area contributed by atoms with Crippen LogP contribution in [0.2, 0.25) is 19.6 Å². The van der Waals surface area contributed by atoms with Crippen LogP contribution in [0.4, 0.5) is 4.39 Å². The molecule has 4 aromatic heterocycles. The van der Waals surface area contributed by atoms with Crippen LogP contribution in [-0.4, -0.2) is 23.0 Å². The topological polar surface area (TPSA) is 51.8 Å². The molecule has 4 aromatic carbocycles. The van der Waals surface area contributed by atoms with Crippen LogP contribution in [0, 0.1) is 18.1 Å². The Balaban J connectivity index is 0.000000186. The van der Waals surface area contributed by atoms with Crippen molar-refractivity contribution in [3.63, 3.8) is 0 Å². The summed E-state index contributed by atoms with van der Waals surface area (Å²) in [7, 11) is -1.64. The molecule has 0 N–H and O–H groups in total. The monoisotopic (exact) mass is 879 g/mol. The maximum atomic E-state index is 13.5. The summed E-state index contributed by atoms with van der Waals surface area (Å²) in [4.78, 5) is 12.9. The molecule has 261 valence electrons. The number of benzene rings is 4. The van der Waals surface area contributed by atoms with Crippen LogP contribution in [0.1, 0.15) is 39.2 Å². The van der Waals surface area contributed by atoms with Gasteiger partial charge in [-0.25, -0.2) is 0 Å². The molecule has 0 saturated heterocycles. The summed E-state index contributed by atoms with van der Waals surface area (Å²) < 4.78 is 45.7. The molecule has 4 heterocycles. The Morgan fingerprint density at radius 2 is 1.54 bits per heavy atom. The van der Waals surface area contributed by atoms with Gasteiger partial charge in [0.25, 0.3) is 0 Å². The number of hydrogen-bond acceptors (Lipinski definition) is 4. The van der Waals surface area contributed by atoms with Gasteiger partial charge in [0, 0.05) is 47.9 Å². The summed E-state index contributed by atoms with van der Waals surface area (Å²) in [6.07, 6.45) is 1.87. The van der Waals surface area contributed by atoms with Gasteiger partial charge in [-0.05, 0) is 63.4 Å². The number of halogens is 1. The Kier molecular flexibility index (Phi) is 10.1. The number of aromatic nitrogens is 3. The van der Waals surface area contributed by atoms with Crippen molar-refractivity contribution >= 4 is 35.3 Å². The van der Waals surface area contributed by atoms with Gasteiger partial charge in [-0.15, -0.1) is 54.1 Å². The van der Waals surface area contributed by atoms with E-state index in [1.807, 2.05) is 92.0 Å². The van der Waals surface area contributed by atoms with Crippen LogP contribution in [0.15, 0.2) is 144 Å². The zero-order valence-corrected chi connectivity index (χ0v) is 32.6. The third kappa shape index (κ3) is 8.18. The SMILES string of the molecule is [2H]C(C)(c1ccccc1)c1cc(-c2[c-]cccc2)ncc1[Si](C)(C)C.[2H]C([2H])(c1ccccc1)c1ccnc(-c2[c-]ccc3c2oc2nc(F)ccc23)c1.[Ir]. The van der Waals surface area contributed by atoms with E-state index in [-0.39, 0.29) is 25.8 Å². The maximum absolute atomic E-state index is 13.5. The van der Waals surface area contributed by atoms with Crippen LogP contribution in [0.25, 0.3) is 44.6 Å². The summed E-state index contributed by atoms with van der Waals surface area (Å²) in [5.41, 5.74) is 6.73. The average Bonchev–Trinajstić information content (AvgIpc) is 3.56. The van der Waals surface area contributed by atoms with E-state index in [0.29, 0.717) is 33.4 Å². The zero-order valence-electron chi connectivity index (χ0n) is 32.2. The van der Waals surface area contributed by atoms with Gasteiger partial charge < -0.3 is 14.4 Å². The molecule has 52 heavy (non-hydrogen) atoms. The molecular formula is C45H38FIrN3OSi-2. The second-order valence-corrected chi connectivity index (χ2v) is 18.3. The van der Waals surface area contributed by atoms with Crippen molar-refractivity contribution in [3.05, 3.63) is 180 Å². The van der Waals surface area contributed by atoms with Crippen molar-refractivity contribution in [1.29, 1.82) is 0 Å². The number of fused-ring (bicyclic) bond motifs is 3. The summed E-state index contributed by atoms with van der Waals surface area (Å²) >= 11 is 0. The van der Waals surface area contributed by atoms with Gasteiger partial charge in [-0.1, -0.05) is 110 Å². The summed E-state index contributed by atoms with van der Waals surface area (Å²) in [6.45, 7) is 8.91. The Morgan fingerprint density at radius 3 is 2.27 bits per heavy atom. The maximum Gasteiger partial charge on any atom is 0.218 e. The van der Waals surface area contributed by atoms with E-state index >= 15 is 0 Å². The van der Waals surface area contributed by atoms with Gasteiger partial charge in [0.05, 0.1) is 13.7 Å². The van der Waals surface area contributed by atoms with Crippen molar-refractivity contribution in [1.82, 2.24) is 15.0 Å². The van der Waals surface area contributed by atoms with Crippen molar-refractivity contribution in [2.24, 2.45) is 0 Å². The zero-order chi connectivity index (χ0) is 38.1. The molecular weight excluding hydrogens is 838 g/mol. The van der Waals surface area contributed by atoms with Gasteiger partial charge in [-0.3, -0.25) is 0 Å². The number of furan rings is 1. The molecule has 0 amide bonds. The fourth-order valence-electron chi connectivity index (χ4n) is 6.03. The molecule has 0 bridgehead atoms. The summed E-state index contributed by atoms with van der Waals surface area (Å²) in [5, 5.41) is 2.72. The normalized spacial score (nSPS) is 13.5. The third-order valence-corrected chi connectivity index (χ3v) is 10.7. The number of pyridine rings is 3. The number of rotatable bonds is 7. The van der Waals surface area contributed by atoms with E-state index in [4.69, 9.17) is 12.1 Å². The van der Waals surface area contributed by atoms with E-state index in [9.17, 15) is 5.76 Å². The van der Waals surface area contributed by atoms with Crippen LogP contribution in [0.3, 0.4) is 0 Å². The molecule has 0 aliphatic heterocycles. The minimum Gasteiger partial charge on any atom is -0.486 e. The first kappa shape index (κ1) is 32.8. The Morgan fingerprint density at radius 1 is 0.788 bits per heavy atom. The summed E-state index contributed by atoms with van der Waals surface area (Å²) in [6, 6.07) is 45.3. The molecule has 8 rings (SSSR count).